The number of benzene rings is 18. The third kappa shape index (κ3) is 10.9. The minimum atomic E-state index is 0.857. The maximum absolute atomic E-state index is 6.99. The van der Waals surface area contributed by atoms with Crippen LogP contribution < -0.4 is 9.80 Å². The van der Waals surface area contributed by atoms with E-state index in [1.165, 1.54) is 95.3 Å². The Labute approximate surface area is 642 Å². The van der Waals surface area contributed by atoms with Crippen LogP contribution in [0.25, 0.3) is 184 Å². The van der Waals surface area contributed by atoms with Crippen molar-refractivity contribution in [1.82, 2.24) is 0 Å². The highest BCUT2D eigenvalue weighted by Gasteiger charge is 2.22. The Morgan fingerprint density at radius 2 is 0.573 bits per heavy atom. The van der Waals surface area contributed by atoms with Crippen molar-refractivity contribution in [2.24, 2.45) is 0 Å². The summed E-state index contributed by atoms with van der Waals surface area (Å²) >= 11 is 3.73. The second-order valence-electron chi connectivity index (χ2n) is 28.6. The minimum absolute atomic E-state index is 0.857. The van der Waals surface area contributed by atoms with Crippen molar-refractivity contribution >= 4 is 163 Å². The van der Waals surface area contributed by atoms with E-state index >= 15 is 0 Å². The Kier molecular flexibility index (Phi) is 15.0. The van der Waals surface area contributed by atoms with Gasteiger partial charge in [0.2, 0.25) is 0 Å². The molecule has 0 aliphatic carbocycles. The van der Waals surface area contributed by atoms with Gasteiger partial charge in [0.05, 0.1) is 0 Å². The van der Waals surface area contributed by atoms with Crippen LogP contribution >= 0.6 is 22.7 Å². The largest absolute Gasteiger partial charge is 0.456 e. The number of rotatable bonds is 13. The molecule has 0 atom stereocenters. The summed E-state index contributed by atoms with van der Waals surface area (Å²) in [5.74, 6) is 0. The summed E-state index contributed by atoms with van der Waals surface area (Å²) in [5.41, 5.74) is 26.0. The molecule has 0 fully saturated rings. The SMILES string of the molecule is c1cc(-c2cccc3c2sc2ccccc23)cc(N(c2ccc(-c3ccc4cc(-c5cccc6oc7c(-c8ccc(N(c9ccc(-c%10ccc%11ccccc%11c%10)cc9)c9cccc(-c%10cccc%11c%10sc%10ccccc%10%11)c9)cc8)cccc7c56)ccc4c3)cc2)c2ccc(-c3ccc4c(c3)oc3ccccc34)cc2)c1. The lowest BCUT2D eigenvalue weighted by atomic mass is 9.94. The van der Waals surface area contributed by atoms with Gasteiger partial charge >= 0.3 is 0 Å². The Bertz CT molecular complexity index is 7410. The highest BCUT2D eigenvalue weighted by atomic mass is 32.1. The van der Waals surface area contributed by atoms with Crippen LogP contribution in [0.4, 0.5) is 34.1 Å². The van der Waals surface area contributed by atoms with Gasteiger partial charge in [-0.1, -0.05) is 261 Å². The molecule has 4 aromatic heterocycles. The maximum atomic E-state index is 6.99. The van der Waals surface area contributed by atoms with Crippen LogP contribution in [-0.4, -0.2) is 0 Å². The fourth-order valence-corrected chi connectivity index (χ4v) is 19.3. The topological polar surface area (TPSA) is 32.8 Å². The molecule has 0 saturated carbocycles. The van der Waals surface area contributed by atoms with Crippen molar-refractivity contribution in [3.05, 3.63) is 388 Å². The van der Waals surface area contributed by atoms with Gasteiger partial charge < -0.3 is 18.6 Å². The van der Waals surface area contributed by atoms with Crippen molar-refractivity contribution in [2.45, 2.75) is 0 Å². The van der Waals surface area contributed by atoms with Gasteiger partial charge in [0.1, 0.15) is 22.3 Å². The number of para-hydroxylation sites is 2. The number of hydrogen-bond acceptors (Lipinski definition) is 6. The van der Waals surface area contributed by atoms with E-state index in [0.717, 1.165) is 123 Å². The first-order valence-corrected chi connectivity index (χ1v) is 39.0. The molecular formula is C104H64N2O2S2. The number of fused-ring (bicyclic) bond motifs is 14. The van der Waals surface area contributed by atoms with Gasteiger partial charge in [0.25, 0.3) is 0 Å². The van der Waals surface area contributed by atoms with Gasteiger partial charge in [-0.3, -0.25) is 0 Å². The molecule has 0 radical (unpaired) electrons. The van der Waals surface area contributed by atoms with Crippen LogP contribution in [0.3, 0.4) is 0 Å². The number of anilines is 6. The summed E-state index contributed by atoms with van der Waals surface area (Å²) in [7, 11) is 0. The molecule has 6 heteroatoms. The van der Waals surface area contributed by atoms with Crippen molar-refractivity contribution in [3.8, 4) is 77.9 Å². The molecule has 110 heavy (non-hydrogen) atoms. The van der Waals surface area contributed by atoms with E-state index in [4.69, 9.17) is 8.83 Å². The molecule has 0 aliphatic rings. The van der Waals surface area contributed by atoms with Crippen LogP contribution in [0.5, 0.6) is 0 Å². The molecule has 0 saturated heterocycles. The molecule has 18 aromatic carbocycles. The first kappa shape index (κ1) is 63.4. The molecule has 514 valence electrons. The Morgan fingerprint density at radius 1 is 0.191 bits per heavy atom. The van der Waals surface area contributed by atoms with Crippen LogP contribution in [0.2, 0.25) is 0 Å². The zero-order valence-corrected chi connectivity index (χ0v) is 61.1. The van der Waals surface area contributed by atoms with Crippen LogP contribution in [-0.2, 0) is 0 Å². The summed E-state index contributed by atoms with van der Waals surface area (Å²) in [6.07, 6.45) is 0. The van der Waals surface area contributed by atoms with Crippen LogP contribution in [0.1, 0.15) is 0 Å². The Morgan fingerprint density at radius 3 is 1.15 bits per heavy atom. The standard InChI is InChI=1S/C104H64N2O2S2/c1-2-16-70-59-71(36-35-65(70)15-1)66-41-50-80(51-42-66)106(84-20-10-18-77(63-84)88-27-13-29-94-92-23-5-8-34-100(92)110-104(88)94)82-56-47-69(48-57-82)86-25-11-30-95-101-85(24-14-32-97(101)108-102(86)95)78-40-39-73-60-72(37-38-74(73)61-78)67-43-52-79(53-44-67)105(81-54-45-68(46-55-81)75-49-58-90-89-21-3-6-31-96(89)107-98(90)64-75)83-19-9-17-76(62-83)87-26-12-28-93-91-22-4-7-33-99(91)109-103(87)93/h1-64H. The molecule has 0 spiro atoms. The Hall–Kier alpha value is -13.9. The molecule has 0 bridgehead atoms. The molecule has 0 N–H and O–H groups in total. The Balaban J connectivity index is 0.572. The third-order valence-corrected chi connectivity index (χ3v) is 24.7. The molecule has 22 aromatic rings. The van der Waals surface area contributed by atoms with Gasteiger partial charge in [0, 0.05) is 102 Å². The highest BCUT2D eigenvalue weighted by molar-refractivity contribution is 7.26. The fourth-order valence-electron chi connectivity index (χ4n) is 16.9. The molecule has 22 rings (SSSR count). The first-order chi connectivity index (χ1) is 54.5. The minimum Gasteiger partial charge on any atom is -0.456 e. The van der Waals surface area contributed by atoms with Crippen molar-refractivity contribution < 1.29 is 8.83 Å². The number of furan rings is 2. The summed E-state index contributed by atoms with van der Waals surface area (Å²) in [5, 5.41) is 14.4. The zero-order chi connectivity index (χ0) is 72.3. The van der Waals surface area contributed by atoms with Crippen LogP contribution in [0.15, 0.2) is 397 Å². The predicted molar refractivity (Wildman–Crippen MR) is 469 cm³/mol. The lowest BCUT2D eigenvalue weighted by Gasteiger charge is -2.26. The van der Waals surface area contributed by atoms with E-state index < -0.39 is 0 Å². The summed E-state index contributed by atoms with van der Waals surface area (Å²) < 4.78 is 18.5. The fraction of sp³-hybridized carbons (Fsp3) is 0. The van der Waals surface area contributed by atoms with E-state index in [-0.39, 0.29) is 0 Å². The average molecular weight is 1440 g/mol. The average Bonchev–Trinajstić information content (AvgIpc) is 1.57. The second-order valence-corrected chi connectivity index (χ2v) is 30.7. The van der Waals surface area contributed by atoms with Gasteiger partial charge in [0.15, 0.2) is 0 Å². The lowest BCUT2D eigenvalue weighted by molar-refractivity contribution is 0.669. The van der Waals surface area contributed by atoms with Gasteiger partial charge in [-0.15, -0.1) is 22.7 Å². The van der Waals surface area contributed by atoms with E-state index in [1.54, 1.807) is 0 Å². The lowest BCUT2D eigenvalue weighted by Crippen LogP contribution is -2.10. The number of nitrogens with zero attached hydrogens (tertiary/aromatic N) is 2. The van der Waals surface area contributed by atoms with Gasteiger partial charge in [-0.2, -0.15) is 0 Å². The van der Waals surface area contributed by atoms with E-state index in [1.807, 2.05) is 34.8 Å². The van der Waals surface area contributed by atoms with Crippen LogP contribution in [0, 0.1) is 0 Å². The monoisotopic (exact) mass is 1440 g/mol. The van der Waals surface area contributed by atoms with Gasteiger partial charge in [-0.05, 0) is 221 Å². The molecular weight excluding hydrogens is 1370 g/mol. The molecule has 4 nitrogen and oxygen atoms in total. The zero-order valence-electron chi connectivity index (χ0n) is 59.5. The number of thiophene rings is 2. The van der Waals surface area contributed by atoms with Gasteiger partial charge in [-0.25, -0.2) is 0 Å². The smallest absolute Gasteiger partial charge is 0.143 e. The molecule has 0 aliphatic heterocycles. The van der Waals surface area contributed by atoms with E-state index in [2.05, 4.69) is 386 Å². The molecule has 0 unspecified atom stereocenters. The van der Waals surface area contributed by atoms with E-state index in [9.17, 15) is 0 Å². The van der Waals surface area contributed by atoms with Crippen molar-refractivity contribution in [1.29, 1.82) is 0 Å². The highest BCUT2D eigenvalue weighted by Crippen LogP contribution is 2.48. The first-order valence-electron chi connectivity index (χ1n) is 37.4. The molecule has 0 amide bonds. The second kappa shape index (κ2) is 26.0. The predicted octanol–water partition coefficient (Wildman–Crippen LogP) is 31.1. The van der Waals surface area contributed by atoms with Crippen molar-refractivity contribution in [2.75, 3.05) is 9.80 Å². The summed E-state index contributed by atoms with van der Waals surface area (Å²) in [4.78, 5) is 4.76. The normalized spacial score (nSPS) is 11.8. The quantitative estimate of drug-likeness (QED) is 0.115. The summed E-state index contributed by atoms with van der Waals surface area (Å²) in [6.45, 7) is 0. The number of hydrogen-bond donors (Lipinski definition) is 0. The molecule has 4 heterocycles. The van der Waals surface area contributed by atoms with E-state index in [0.29, 0.717) is 0 Å². The summed E-state index contributed by atoms with van der Waals surface area (Å²) in [6, 6.07) is 142. The third-order valence-electron chi connectivity index (χ3n) is 22.3. The van der Waals surface area contributed by atoms with Crippen molar-refractivity contribution in [3.63, 3.8) is 0 Å². The maximum Gasteiger partial charge on any atom is 0.143 e.